The smallest absolute Gasteiger partial charge is 0.325 e. The van der Waals surface area contributed by atoms with E-state index in [2.05, 4.69) is 10.6 Å². The Hall–Kier alpha value is -3.16. The number of carbonyl (C=O) groups is 3. The van der Waals surface area contributed by atoms with Gasteiger partial charge in [0.25, 0.3) is 5.91 Å². The highest BCUT2D eigenvalue weighted by Crippen LogP contribution is 2.32. The zero-order valence-electron chi connectivity index (χ0n) is 14.1. The van der Waals surface area contributed by atoms with Crippen LogP contribution in [0.25, 0.3) is 0 Å². The molecule has 1 saturated heterocycles. The molecule has 0 spiro atoms. The molecular formula is C18H18FN3O4. The Morgan fingerprint density at radius 1 is 1.27 bits per heavy atom. The average Bonchev–Trinajstić information content (AvgIpc) is 3.23. The first-order valence-corrected chi connectivity index (χ1v) is 8.15. The summed E-state index contributed by atoms with van der Waals surface area (Å²) >= 11 is 0. The molecule has 26 heavy (non-hydrogen) atoms. The monoisotopic (exact) mass is 359 g/mol. The van der Waals surface area contributed by atoms with E-state index in [0.717, 1.165) is 4.90 Å². The van der Waals surface area contributed by atoms with E-state index in [1.165, 1.54) is 30.5 Å². The topological polar surface area (TPSA) is 91.7 Å². The Bertz CT molecular complexity index is 819. The highest BCUT2D eigenvalue weighted by Gasteiger charge is 2.51. The van der Waals surface area contributed by atoms with Gasteiger partial charge < -0.3 is 15.1 Å². The number of halogens is 1. The van der Waals surface area contributed by atoms with E-state index in [4.69, 9.17) is 4.42 Å². The van der Waals surface area contributed by atoms with Crippen LogP contribution in [0, 0.1) is 5.82 Å². The molecular weight excluding hydrogens is 341 g/mol. The number of hydrogen-bond acceptors (Lipinski definition) is 4. The molecule has 1 aliphatic rings. The van der Waals surface area contributed by atoms with E-state index >= 15 is 0 Å². The number of urea groups is 1. The average molecular weight is 359 g/mol. The summed E-state index contributed by atoms with van der Waals surface area (Å²) in [6.45, 7) is 1.49. The lowest BCUT2D eigenvalue weighted by molar-refractivity contribution is -0.135. The summed E-state index contributed by atoms with van der Waals surface area (Å²) in [5.41, 5.74) is -0.829. The fourth-order valence-electron chi connectivity index (χ4n) is 2.94. The molecule has 1 aromatic heterocycles. The van der Waals surface area contributed by atoms with Gasteiger partial charge in [0.2, 0.25) is 5.91 Å². The van der Waals surface area contributed by atoms with Gasteiger partial charge in [-0.25, -0.2) is 9.18 Å². The minimum Gasteiger partial charge on any atom is -0.467 e. The van der Waals surface area contributed by atoms with Gasteiger partial charge in [0, 0.05) is 0 Å². The van der Waals surface area contributed by atoms with Gasteiger partial charge in [-0.15, -0.1) is 0 Å². The predicted octanol–water partition coefficient (Wildman–Crippen LogP) is 1.89. The molecule has 7 nitrogen and oxygen atoms in total. The maximum absolute atomic E-state index is 13.2. The van der Waals surface area contributed by atoms with Gasteiger partial charge >= 0.3 is 6.03 Å². The number of furan rings is 1. The lowest BCUT2D eigenvalue weighted by Crippen LogP contribution is -2.44. The number of amides is 4. The van der Waals surface area contributed by atoms with Crippen LogP contribution in [0.1, 0.15) is 24.7 Å². The molecule has 1 atom stereocenters. The number of carbonyl (C=O) groups excluding carboxylic acids is 3. The van der Waals surface area contributed by atoms with Crippen LogP contribution < -0.4 is 10.6 Å². The Kier molecular flexibility index (Phi) is 4.75. The zero-order valence-corrected chi connectivity index (χ0v) is 14.1. The van der Waals surface area contributed by atoms with Crippen molar-refractivity contribution in [1.29, 1.82) is 0 Å². The maximum atomic E-state index is 13.2. The summed E-state index contributed by atoms with van der Waals surface area (Å²) in [5.74, 6) is -0.906. The molecule has 0 saturated carbocycles. The van der Waals surface area contributed by atoms with Crippen molar-refractivity contribution in [1.82, 2.24) is 15.5 Å². The molecule has 0 bridgehead atoms. The number of benzene rings is 1. The fraction of sp³-hybridized carbons (Fsp3) is 0.278. The standard InChI is InChI=1S/C18H18FN3O4/c1-2-18(12-5-7-13(19)8-6-12)16(24)22(17(25)21-18)11-15(23)20-10-14-4-3-9-26-14/h3-9H,2,10-11H2,1H3,(H,20,23)(H,21,25)/t18-/m1/s1. The number of imide groups is 1. The molecule has 1 fully saturated rings. The molecule has 2 heterocycles. The Morgan fingerprint density at radius 2 is 2.00 bits per heavy atom. The lowest BCUT2D eigenvalue weighted by Gasteiger charge is -2.25. The van der Waals surface area contributed by atoms with Crippen LogP contribution in [-0.4, -0.2) is 29.3 Å². The third-order valence-electron chi connectivity index (χ3n) is 4.38. The zero-order chi connectivity index (χ0) is 18.7. The van der Waals surface area contributed by atoms with Gasteiger partial charge in [0.15, 0.2) is 0 Å². The van der Waals surface area contributed by atoms with Crippen LogP contribution in [0.15, 0.2) is 47.1 Å². The van der Waals surface area contributed by atoms with Gasteiger partial charge in [0.05, 0.1) is 12.8 Å². The van der Waals surface area contributed by atoms with Crippen molar-refractivity contribution in [3.63, 3.8) is 0 Å². The van der Waals surface area contributed by atoms with Gasteiger partial charge in [-0.05, 0) is 36.2 Å². The minimum atomic E-state index is -1.30. The summed E-state index contributed by atoms with van der Waals surface area (Å²) in [6.07, 6.45) is 1.75. The van der Waals surface area contributed by atoms with Gasteiger partial charge in [0.1, 0.15) is 23.7 Å². The van der Waals surface area contributed by atoms with E-state index in [0.29, 0.717) is 11.3 Å². The normalized spacial score (nSPS) is 19.5. The molecule has 1 aromatic carbocycles. The second-order valence-corrected chi connectivity index (χ2v) is 5.94. The van der Waals surface area contributed by atoms with Crippen LogP contribution in [0.4, 0.5) is 9.18 Å². The predicted molar refractivity (Wildman–Crippen MR) is 89.2 cm³/mol. The van der Waals surface area contributed by atoms with Crippen molar-refractivity contribution < 1.29 is 23.2 Å². The van der Waals surface area contributed by atoms with E-state index in [-0.39, 0.29) is 13.0 Å². The van der Waals surface area contributed by atoms with Crippen molar-refractivity contribution in [3.8, 4) is 0 Å². The number of hydrogen-bond donors (Lipinski definition) is 2. The molecule has 0 radical (unpaired) electrons. The first kappa shape index (κ1) is 17.7. The van der Waals surface area contributed by atoms with Gasteiger partial charge in [-0.2, -0.15) is 0 Å². The summed E-state index contributed by atoms with van der Waals surface area (Å²) in [5, 5.41) is 5.23. The van der Waals surface area contributed by atoms with Crippen LogP contribution in [0.5, 0.6) is 0 Å². The third-order valence-corrected chi connectivity index (χ3v) is 4.38. The Labute approximate surface area is 149 Å². The first-order chi connectivity index (χ1) is 12.5. The lowest BCUT2D eigenvalue weighted by atomic mass is 9.87. The third kappa shape index (κ3) is 3.17. The van der Waals surface area contributed by atoms with Crippen molar-refractivity contribution in [2.75, 3.05) is 6.54 Å². The van der Waals surface area contributed by atoms with Crippen LogP contribution in [-0.2, 0) is 21.7 Å². The molecule has 2 aromatic rings. The number of nitrogens with zero attached hydrogens (tertiary/aromatic N) is 1. The largest absolute Gasteiger partial charge is 0.467 e. The molecule has 8 heteroatoms. The van der Waals surface area contributed by atoms with Gasteiger partial charge in [-0.3, -0.25) is 14.5 Å². The van der Waals surface area contributed by atoms with Crippen molar-refractivity contribution in [2.24, 2.45) is 0 Å². The second kappa shape index (κ2) is 6.99. The molecule has 136 valence electrons. The quantitative estimate of drug-likeness (QED) is 0.771. The second-order valence-electron chi connectivity index (χ2n) is 5.94. The van der Waals surface area contributed by atoms with Crippen LogP contribution in [0.3, 0.4) is 0 Å². The molecule has 0 aliphatic carbocycles. The molecule has 3 rings (SSSR count). The van der Waals surface area contributed by atoms with E-state index in [9.17, 15) is 18.8 Å². The minimum absolute atomic E-state index is 0.159. The molecule has 0 unspecified atom stereocenters. The van der Waals surface area contributed by atoms with Gasteiger partial charge in [-0.1, -0.05) is 19.1 Å². The summed E-state index contributed by atoms with van der Waals surface area (Å²) in [4.78, 5) is 38.1. The summed E-state index contributed by atoms with van der Waals surface area (Å²) in [7, 11) is 0. The van der Waals surface area contributed by atoms with Crippen LogP contribution >= 0.6 is 0 Å². The fourth-order valence-corrected chi connectivity index (χ4v) is 2.94. The molecule has 1 aliphatic heterocycles. The van der Waals surface area contributed by atoms with Crippen LogP contribution in [0.2, 0.25) is 0 Å². The van der Waals surface area contributed by atoms with E-state index < -0.39 is 35.7 Å². The van der Waals surface area contributed by atoms with Crippen molar-refractivity contribution >= 4 is 17.8 Å². The number of rotatable bonds is 6. The summed E-state index contributed by atoms with van der Waals surface area (Å²) < 4.78 is 18.3. The highest BCUT2D eigenvalue weighted by atomic mass is 19.1. The molecule has 4 amide bonds. The van der Waals surface area contributed by atoms with Crippen molar-refractivity contribution in [2.45, 2.75) is 25.4 Å². The molecule has 2 N–H and O–H groups in total. The Morgan fingerprint density at radius 3 is 2.62 bits per heavy atom. The SMILES string of the molecule is CC[C@]1(c2ccc(F)cc2)NC(=O)N(CC(=O)NCc2ccco2)C1=O. The Balaban J connectivity index is 1.73. The van der Waals surface area contributed by atoms with Crippen molar-refractivity contribution in [3.05, 3.63) is 59.8 Å². The van der Waals surface area contributed by atoms with E-state index in [1.807, 2.05) is 0 Å². The number of nitrogens with one attached hydrogen (secondary N) is 2. The first-order valence-electron chi connectivity index (χ1n) is 8.15. The summed E-state index contributed by atoms with van der Waals surface area (Å²) in [6, 6.07) is 8.10. The highest BCUT2D eigenvalue weighted by molar-refractivity contribution is 6.09. The maximum Gasteiger partial charge on any atom is 0.325 e. The van der Waals surface area contributed by atoms with E-state index in [1.54, 1.807) is 19.1 Å².